The lowest BCUT2D eigenvalue weighted by Crippen LogP contribution is -2.52. The minimum atomic E-state index is -0.834. The van der Waals surface area contributed by atoms with E-state index in [9.17, 15) is 9.59 Å². The molecule has 1 heterocycles. The molecule has 1 rings (SSSR count). The van der Waals surface area contributed by atoms with Gasteiger partial charge in [-0.05, 0) is 20.8 Å². The van der Waals surface area contributed by atoms with Crippen LogP contribution in [0.2, 0.25) is 0 Å². The van der Waals surface area contributed by atoms with Crippen LogP contribution in [-0.4, -0.2) is 46.6 Å². The van der Waals surface area contributed by atoms with Gasteiger partial charge in [0.15, 0.2) is 0 Å². The highest BCUT2D eigenvalue weighted by Gasteiger charge is 2.31. The fourth-order valence-electron chi connectivity index (χ4n) is 1.09. The molecule has 7 nitrogen and oxygen atoms in total. The molecule has 0 aromatic carbocycles. The number of amides is 3. The van der Waals surface area contributed by atoms with Crippen molar-refractivity contribution in [2.24, 2.45) is 4.99 Å². The Morgan fingerprint density at radius 2 is 2.00 bits per heavy atom. The molecule has 2 N–H and O–H groups in total. The molecule has 0 saturated carbocycles. The van der Waals surface area contributed by atoms with Crippen molar-refractivity contribution in [1.82, 2.24) is 10.4 Å². The fourth-order valence-corrected chi connectivity index (χ4v) is 1.09. The van der Waals surface area contributed by atoms with Gasteiger partial charge in [0, 0.05) is 0 Å². The minimum Gasteiger partial charge on any atom is -0.444 e. The van der Waals surface area contributed by atoms with Gasteiger partial charge in [0.2, 0.25) is 0 Å². The van der Waals surface area contributed by atoms with E-state index < -0.39 is 17.7 Å². The van der Waals surface area contributed by atoms with Crippen LogP contribution < -0.4 is 5.48 Å². The van der Waals surface area contributed by atoms with E-state index in [1.54, 1.807) is 20.8 Å². The zero-order valence-electron chi connectivity index (χ0n) is 9.48. The average molecular weight is 229 g/mol. The Bertz CT molecular complexity index is 324. The molecule has 1 fully saturated rings. The number of aliphatic imine (C=N–C) groups is 1. The lowest BCUT2D eigenvalue weighted by Gasteiger charge is -2.34. The summed E-state index contributed by atoms with van der Waals surface area (Å²) in [7, 11) is 0. The van der Waals surface area contributed by atoms with Crippen LogP contribution in [0, 0.1) is 0 Å². The number of hydroxylamine groups is 1. The summed E-state index contributed by atoms with van der Waals surface area (Å²) in [4.78, 5) is 27.0. The number of hydrogen-bond acceptors (Lipinski definition) is 4. The second-order valence-corrected chi connectivity index (χ2v) is 4.43. The predicted molar refractivity (Wildman–Crippen MR) is 55.6 cm³/mol. The Morgan fingerprint density at radius 1 is 1.44 bits per heavy atom. The van der Waals surface area contributed by atoms with Crippen molar-refractivity contribution < 1.29 is 19.5 Å². The second-order valence-electron chi connectivity index (χ2n) is 4.43. The maximum absolute atomic E-state index is 11.4. The van der Waals surface area contributed by atoms with Crippen molar-refractivity contribution in [3.63, 3.8) is 0 Å². The third-order valence-corrected chi connectivity index (χ3v) is 1.75. The summed E-state index contributed by atoms with van der Waals surface area (Å²) < 4.78 is 5.10. The van der Waals surface area contributed by atoms with E-state index in [1.807, 2.05) is 0 Å². The van der Waals surface area contributed by atoms with Gasteiger partial charge in [-0.15, -0.1) is 0 Å². The maximum atomic E-state index is 11.4. The Balaban J connectivity index is 2.39. The molecule has 3 amide bonds. The highest BCUT2D eigenvalue weighted by atomic mass is 16.6. The molecule has 1 aliphatic heterocycles. The van der Waals surface area contributed by atoms with Gasteiger partial charge in [-0.3, -0.25) is 10.1 Å². The Kier molecular flexibility index (Phi) is 3.48. The maximum Gasteiger partial charge on any atom is 0.410 e. The van der Waals surface area contributed by atoms with Crippen LogP contribution in [0.1, 0.15) is 20.8 Å². The van der Waals surface area contributed by atoms with Gasteiger partial charge in [0.1, 0.15) is 5.60 Å². The molecule has 0 spiro atoms. The molecule has 7 heteroatoms. The predicted octanol–water partition coefficient (Wildman–Crippen LogP) is 0.777. The molecule has 1 saturated heterocycles. The Labute approximate surface area is 93.0 Å². The van der Waals surface area contributed by atoms with Crippen LogP contribution in [0.3, 0.4) is 0 Å². The van der Waals surface area contributed by atoms with Crippen molar-refractivity contribution >= 4 is 17.8 Å². The van der Waals surface area contributed by atoms with Gasteiger partial charge in [0.25, 0.3) is 0 Å². The number of hydrogen-bond donors (Lipinski definition) is 2. The number of likely N-dealkylation sites (tertiary alicyclic amines) is 1. The third kappa shape index (κ3) is 3.50. The molecule has 90 valence electrons. The number of rotatable bonds is 0. The standard InChI is InChI=1S/C9H15N3O4/c1-9(2,3)16-8(14)12-4-6(5-12)10-7(13)11-15/h15H,4-5H2,1-3H3,(H,11,13). The van der Waals surface area contributed by atoms with Crippen LogP contribution in [0.25, 0.3) is 0 Å². The van der Waals surface area contributed by atoms with Crippen LogP contribution in [0.5, 0.6) is 0 Å². The smallest absolute Gasteiger partial charge is 0.410 e. The first-order valence-electron chi connectivity index (χ1n) is 4.80. The van der Waals surface area contributed by atoms with Crippen LogP contribution >= 0.6 is 0 Å². The monoisotopic (exact) mass is 229 g/mol. The first-order chi connectivity index (χ1) is 7.31. The van der Waals surface area contributed by atoms with E-state index in [-0.39, 0.29) is 13.1 Å². The summed E-state index contributed by atoms with van der Waals surface area (Å²) in [5.41, 5.74) is 1.38. The van der Waals surface area contributed by atoms with E-state index in [2.05, 4.69) is 4.99 Å². The van der Waals surface area contributed by atoms with Gasteiger partial charge >= 0.3 is 12.1 Å². The number of nitrogens with zero attached hydrogens (tertiary/aromatic N) is 2. The van der Waals surface area contributed by atoms with E-state index in [0.29, 0.717) is 5.71 Å². The zero-order chi connectivity index (χ0) is 12.3. The van der Waals surface area contributed by atoms with Crippen molar-refractivity contribution in [2.75, 3.05) is 13.1 Å². The second kappa shape index (κ2) is 4.48. The van der Waals surface area contributed by atoms with E-state index >= 15 is 0 Å². The van der Waals surface area contributed by atoms with Crippen LogP contribution in [-0.2, 0) is 4.74 Å². The summed E-state index contributed by atoms with van der Waals surface area (Å²) in [6, 6.07) is -0.834. The lowest BCUT2D eigenvalue weighted by atomic mass is 10.2. The van der Waals surface area contributed by atoms with Gasteiger partial charge in [-0.25, -0.2) is 15.1 Å². The third-order valence-electron chi connectivity index (χ3n) is 1.75. The Morgan fingerprint density at radius 3 is 2.44 bits per heavy atom. The molecular weight excluding hydrogens is 214 g/mol. The summed E-state index contributed by atoms with van der Waals surface area (Å²) in [6.45, 7) is 5.83. The highest BCUT2D eigenvalue weighted by molar-refractivity contribution is 6.03. The van der Waals surface area contributed by atoms with Crippen molar-refractivity contribution in [1.29, 1.82) is 0 Å². The molecule has 0 aliphatic carbocycles. The van der Waals surface area contributed by atoms with Gasteiger partial charge in [-0.1, -0.05) is 0 Å². The molecule has 1 aliphatic rings. The average Bonchev–Trinajstić information content (AvgIpc) is 2.06. The lowest BCUT2D eigenvalue weighted by molar-refractivity contribution is 0.0264. The van der Waals surface area contributed by atoms with Crippen molar-refractivity contribution in [3.8, 4) is 0 Å². The number of urea groups is 1. The van der Waals surface area contributed by atoms with Gasteiger partial charge in [-0.2, -0.15) is 4.99 Å². The van der Waals surface area contributed by atoms with Gasteiger partial charge in [0.05, 0.1) is 18.8 Å². The Hall–Kier alpha value is -1.63. The molecule has 0 bridgehead atoms. The van der Waals surface area contributed by atoms with Crippen molar-refractivity contribution in [3.05, 3.63) is 0 Å². The summed E-state index contributed by atoms with van der Waals surface area (Å²) >= 11 is 0. The van der Waals surface area contributed by atoms with Crippen molar-refractivity contribution in [2.45, 2.75) is 26.4 Å². The number of carbonyl (C=O) groups excluding carboxylic acids is 2. The highest BCUT2D eigenvalue weighted by Crippen LogP contribution is 2.13. The first kappa shape index (κ1) is 12.4. The van der Waals surface area contributed by atoms with E-state index in [0.717, 1.165) is 0 Å². The molecule has 0 unspecified atom stereocenters. The zero-order valence-corrected chi connectivity index (χ0v) is 9.48. The molecular formula is C9H15N3O4. The topological polar surface area (TPSA) is 91.2 Å². The summed E-state index contributed by atoms with van der Waals surface area (Å²) in [5.74, 6) is 0. The first-order valence-corrected chi connectivity index (χ1v) is 4.80. The SMILES string of the molecule is CC(C)(C)OC(=O)N1CC(=NC(=O)NO)C1. The summed E-state index contributed by atoms with van der Waals surface area (Å²) in [6.07, 6.45) is -0.434. The summed E-state index contributed by atoms with van der Waals surface area (Å²) in [5, 5.41) is 8.22. The van der Waals surface area contributed by atoms with Crippen LogP contribution in [0.15, 0.2) is 4.99 Å². The molecule has 16 heavy (non-hydrogen) atoms. The van der Waals surface area contributed by atoms with Gasteiger partial charge < -0.3 is 4.74 Å². The largest absolute Gasteiger partial charge is 0.444 e. The molecule has 0 aromatic rings. The molecule has 0 atom stereocenters. The van der Waals surface area contributed by atoms with Crippen LogP contribution in [0.4, 0.5) is 9.59 Å². The minimum absolute atomic E-state index is 0.252. The molecule has 0 radical (unpaired) electrons. The normalized spacial score (nSPS) is 15.2. The van der Waals surface area contributed by atoms with E-state index in [1.165, 1.54) is 10.4 Å². The number of nitrogens with one attached hydrogen (secondary N) is 1. The van der Waals surface area contributed by atoms with E-state index in [4.69, 9.17) is 9.94 Å². The fraction of sp³-hybridized carbons (Fsp3) is 0.667. The quantitative estimate of drug-likeness (QED) is 0.474. The number of ether oxygens (including phenoxy) is 1. The molecule has 0 aromatic heterocycles. The number of carbonyl (C=O) groups is 2.